The third-order valence-corrected chi connectivity index (χ3v) is 5.12. The van der Waals surface area contributed by atoms with Crippen LogP contribution < -0.4 is 14.9 Å². The summed E-state index contributed by atoms with van der Waals surface area (Å²) >= 11 is 5.83. The minimum absolute atomic E-state index is 0.0892. The lowest BCUT2D eigenvalue weighted by atomic mass is 10.0. The van der Waals surface area contributed by atoms with E-state index in [1.54, 1.807) is 19.2 Å². The number of hydrogen-bond acceptors (Lipinski definition) is 5. The van der Waals surface area contributed by atoms with Crippen molar-refractivity contribution in [3.05, 3.63) is 87.9 Å². The van der Waals surface area contributed by atoms with E-state index < -0.39 is 5.91 Å². The van der Waals surface area contributed by atoms with Gasteiger partial charge in [-0.2, -0.15) is 5.10 Å². The Morgan fingerprint density at radius 1 is 1.09 bits per heavy atom. The molecule has 0 heterocycles. The van der Waals surface area contributed by atoms with Crippen molar-refractivity contribution in [2.75, 3.05) is 7.11 Å². The Bertz CT molecular complexity index is 1110. The molecule has 2 N–H and O–H groups in total. The Labute approximate surface area is 192 Å². The fraction of sp³-hybridized carbons (Fsp3) is 0.200. The van der Waals surface area contributed by atoms with E-state index in [4.69, 9.17) is 21.1 Å². The smallest absolute Gasteiger partial charge is 0.271 e. The van der Waals surface area contributed by atoms with Gasteiger partial charge in [0.05, 0.1) is 18.3 Å². The third-order valence-electron chi connectivity index (χ3n) is 4.82. The lowest BCUT2D eigenvalue weighted by Gasteiger charge is -2.12. The Morgan fingerprint density at radius 2 is 1.84 bits per heavy atom. The van der Waals surface area contributed by atoms with Crippen LogP contribution in [-0.2, 0) is 6.61 Å². The van der Waals surface area contributed by atoms with Gasteiger partial charge in [-0.1, -0.05) is 49.7 Å². The van der Waals surface area contributed by atoms with Gasteiger partial charge in [0.1, 0.15) is 12.4 Å². The maximum Gasteiger partial charge on any atom is 0.271 e. The molecule has 6 nitrogen and oxygen atoms in total. The molecule has 7 heteroatoms. The number of nitrogens with zero attached hydrogens (tertiary/aromatic N) is 1. The van der Waals surface area contributed by atoms with Crippen LogP contribution >= 0.6 is 11.6 Å². The highest BCUT2D eigenvalue weighted by atomic mass is 35.5. The number of halogens is 1. The van der Waals surface area contributed by atoms with Gasteiger partial charge in [-0.15, -0.1) is 0 Å². The zero-order valence-corrected chi connectivity index (χ0v) is 18.9. The van der Waals surface area contributed by atoms with Gasteiger partial charge in [-0.05, 0) is 59.0 Å². The molecule has 0 unspecified atom stereocenters. The monoisotopic (exact) mass is 452 g/mol. The first kappa shape index (κ1) is 23.2. The van der Waals surface area contributed by atoms with E-state index in [1.165, 1.54) is 30.0 Å². The number of phenolic OH excluding ortho intramolecular Hbond substituents is 1. The molecule has 0 atom stereocenters. The Kier molecular flexibility index (Phi) is 7.73. The van der Waals surface area contributed by atoms with Crippen molar-refractivity contribution in [3.8, 4) is 17.2 Å². The first-order valence-corrected chi connectivity index (χ1v) is 10.5. The number of methoxy groups -OCH3 is 1. The van der Waals surface area contributed by atoms with Gasteiger partial charge in [0, 0.05) is 5.56 Å². The fourth-order valence-electron chi connectivity index (χ4n) is 2.92. The highest BCUT2D eigenvalue weighted by Gasteiger charge is 2.08. The number of aromatic hydroxyl groups is 1. The van der Waals surface area contributed by atoms with Crippen LogP contribution in [0.3, 0.4) is 0 Å². The molecule has 0 saturated carbocycles. The van der Waals surface area contributed by atoms with E-state index in [1.807, 2.05) is 6.07 Å². The van der Waals surface area contributed by atoms with Crippen LogP contribution in [0.15, 0.2) is 65.8 Å². The van der Waals surface area contributed by atoms with Gasteiger partial charge in [0.15, 0.2) is 11.5 Å². The summed E-state index contributed by atoms with van der Waals surface area (Å²) in [7, 11) is 1.57. The van der Waals surface area contributed by atoms with E-state index in [9.17, 15) is 9.90 Å². The van der Waals surface area contributed by atoms with Crippen LogP contribution in [0, 0.1) is 0 Å². The molecule has 0 fully saturated rings. The molecule has 0 aliphatic heterocycles. The number of nitrogens with one attached hydrogen (secondary N) is 1. The summed E-state index contributed by atoms with van der Waals surface area (Å²) in [4.78, 5) is 12.1. The Balaban J connectivity index is 1.61. The number of amides is 1. The SMILES string of the molecule is COc1cc(/C=N/NC(=O)c2ccc(O)c(Cl)c2)ccc1OCc1ccc(C(C)C)cc1. The van der Waals surface area contributed by atoms with Crippen LogP contribution in [0.25, 0.3) is 0 Å². The lowest BCUT2D eigenvalue weighted by molar-refractivity contribution is 0.0955. The summed E-state index contributed by atoms with van der Waals surface area (Å²) in [6.45, 7) is 4.75. The van der Waals surface area contributed by atoms with Gasteiger partial charge in [-0.25, -0.2) is 5.43 Å². The van der Waals surface area contributed by atoms with Crippen LogP contribution in [0.2, 0.25) is 5.02 Å². The molecular formula is C25H25ClN2O4. The maximum atomic E-state index is 12.1. The van der Waals surface area contributed by atoms with Gasteiger partial charge < -0.3 is 14.6 Å². The summed E-state index contributed by atoms with van der Waals surface area (Å²) in [5.41, 5.74) is 5.79. The lowest BCUT2D eigenvalue weighted by Crippen LogP contribution is -2.17. The second kappa shape index (κ2) is 10.7. The molecule has 3 aromatic rings. The van der Waals surface area contributed by atoms with E-state index >= 15 is 0 Å². The largest absolute Gasteiger partial charge is 0.506 e. The molecule has 3 rings (SSSR count). The van der Waals surface area contributed by atoms with E-state index in [-0.39, 0.29) is 16.3 Å². The van der Waals surface area contributed by atoms with Crippen LogP contribution in [-0.4, -0.2) is 24.3 Å². The molecule has 0 aliphatic carbocycles. The number of ether oxygens (including phenoxy) is 2. The minimum atomic E-state index is -0.446. The molecule has 0 spiro atoms. The number of hydrogen-bond donors (Lipinski definition) is 2. The number of hydrazone groups is 1. The van der Waals surface area contributed by atoms with Crippen molar-refractivity contribution in [2.24, 2.45) is 5.10 Å². The van der Waals surface area contributed by atoms with Crippen molar-refractivity contribution in [2.45, 2.75) is 26.4 Å². The van der Waals surface area contributed by atoms with Crippen LogP contribution in [0.5, 0.6) is 17.2 Å². The molecule has 0 saturated heterocycles. The fourth-order valence-corrected chi connectivity index (χ4v) is 3.10. The van der Waals surface area contributed by atoms with Gasteiger partial charge in [0.2, 0.25) is 0 Å². The zero-order valence-electron chi connectivity index (χ0n) is 18.1. The highest BCUT2D eigenvalue weighted by molar-refractivity contribution is 6.32. The summed E-state index contributed by atoms with van der Waals surface area (Å²) in [5, 5.41) is 13.5. The minimum Gasteiger partial charge on any atom is -0.506 e. The highest BCUT2D eigenvalue weighted by Crippen LogP contribution is 2.28. The topological polar surface area (TPSA) is 80.2 Å². The molecule has 3 aromatic carbocycles. The van der Waals surface area contributed by atoms with Crippen molar-refractivity contribution in [1.29, 1.82) is 0 Å². The first-order chi connectivity index (χ1) is 15.4. The van der Waals surface area contributed by atoms with E-state index in [0.717, 1.165) is 11.1 Å². The zero-order chi connectivity index (χ0) is 23.1. The number of carbonyl (C=O) groups excluding carboxylic acids is 1. The summed E-state index contributed by atoms with van der Waals surface area (Å²) < 4.78 is 11.4. The van der Waals surface area contributed by atoms with Crippen LogP contribution in [0.1, 0.15) is 46.8 Å². The Morgan fingerprint density at radius 3 is 2.50 bits per heavy atom. The average molecular weight is 453 g/mol. The van der Waals surface area contributed by atoms with Crippen molar-refractivity contribution < 1.29 is 19.4 Å². The van der Waals surface area contributed by atoms with Gasteiger partial charge in [0.25, 0.3) is 5.91 Å². The second-order valence-electron chi connectivity index (χ2n) is 7.46. The second-order valence-corrected chi connectivity index (χ2v) is 7.87. The van der Waals surface area contributed by atoms with E-state index in [2.05, 4.69) is 48.6 Å². The van der Waals surface area contributed by atoms with E-state index in [0.29, 0.717) is 24.0 Å². The molecule has 0 bridgehead atoms. The average Bonchev–Trinajstić information content (AvgIpc) is 2.80. The predicted octanol–water partition coefficient (Wildman–Crippen LogP) is 5.52. The molecule has 0 aromatic heterocycles. The normalized spacial score (nSPS) is 11.0. The van der Waals surface area contributed by atoms with Crippen molar-refractivity contribution in [1.82, 2.24) is 5.43 Å². The number of benzene rings is 3. The predicted molar refractivity (Wildman–Crippen MR) is 126 cm³/mol. The number of rotatable bonds is 8. The molecule has 32 heavy (non-hydrogen) atoms. The van der Waals surface area contributed by atoms with Crippen LogP contribution in [0.4, 0.5) is 0 Å². The van der Waals surface area contributed by atoms with Gasteiger partial charge in [-0.3, -0.25) is 4.79 Å². The quantitative estimate of drug-likeness (QED) is 0.348. The van der Waals surface area contributed by atoms with Gasteiger partial charge >= 0.3 is 0 Å². The molecule has 0 radical (unpaired) electrons. The Hall–Kier alpha value is -3.51. The summed E-state index contributed by atoms with van der Waals surface area (Å²) in [6.07, 6.45) is 1.50. The first-order valence-electron chi connectivity index (χ1n) is 10.1. The van der Waals surface area contributed by atoms with Crippen molar-refractivity contribution in [3.63, 3.8) is 0 Å². The number of carbonyl (C=O) groups is 1. The molecule has 166 valence electrons. The summed E-state index contributed by atoms with van der Waals surface area (Å²) in [5.74, 6) is 1.12. The van der Waals surface area contributed by atoms with Crippen molar-refractivity contribution >= 4 is 23.7 Å². The summed E-state index contributed by atoms with van der Waals surface area (Å²) in [6, 6.07) is 17.9. The molecule has 1 amide bonds. The molecular weight excluding hydrogens is 428 g/mol. The third kappa shape index (κ3) is 6.02. The molecule has 0 aliphatic rings. The number of phenols is 1. The standard InChI is InChI=1S/C25H25ClN2O4/c1-16(2)19-7-4-17(5-8-19)15-32-23-11-6-18(12-24(23)31-3)14-27-28-25(30)20-9-10-22(29)21(26)13-20/h4-14,16,29H,15H2,1-3H3,(H,28,30)/b27-14+. The maximum absolute atomic E-state index is 12.1.